The van der Waals surface area contributed by atoms with Crippen molar-refractivity contribution in [2.45, 2.75) is 315 Å². The first kappa shape index (κ1) is 63.2. The Bertz CT molecular complexity index is 1020. The van der Waals surface area contributed by atoms with Crippen molar-refractivity contribution < 1.29 is 28.4 Å². The molecule has 0 aromatic rings. The predicted octanol–water partition coefficient (Wildman–Crippen LogP) is 17.1. The third-order valence-electron chi connectivity index (χ3n) is 13.1. The maximum absolute atomic E-state index is 12.8. The van der Waals surface area contributed by atoms with Gasteiger partial charge in [0, 0.05) is 13.0 Å². The van der Waals surface area contributed by atoms with Crippen molar-refractivity contribution in [2.75, 3.05) is 19.8 Å². The molecule has 0 aliphatic rings. The molecule has 0 saturated heterocycles. The number of aliphatic hydroxyl groups is 1. The van der Waals surface area contributed by atoms with E-state index in [4.69, 9.17) is 14.8 Å². The minimum atomic E-state index is -4.33. The van der Waals surface area contributed by atoms with Gasteiger partial charge in [0.05, 0.1) is 25.4 Å². The van der Waals surface area contributed by atoms with E-state index in [1.807, 2.05) is 6.08 Å². The fourth-order valence-electron chi connectivity index (χ4n) is 8.84. The number of nitrogens with one attached hydrogen (secondary N) is 1. The number of allylic oxidation sites excluding steroid dienone is 1. The largest absolute Gasteiger partial charge is 0.472 e. The summed E-state index contributed by atoms with van der Waals surface area (Å²) in [6.07, 6.45) is 61.9. The van der Waals surface area contributed by atoms with Gasteiger partial charge in [-0.05, 0) is 19.3 Å². The fraction of sp³-hybridized carbons (Fsp3) is 0.945. The van der Waals surface area contributed by atoms with Crippen LogP contribution in [0.15, 0.2) is 12.2 Å². The van der Waals surface area contributed by atoms with Crippen molar-refractivity contribution in [1.29, 1.82) is 0 Å². The molecule has 3 atom stereocenters. The van der Waals surface area contributed by atoms with Gasteiger partial charge in [-0.1, -0.05) is 289 Å². The van der Waals surface area contributed by atoms with Gasteiger partial charge in [0.25, 0.3) is 0 Å². The molecule has 0 aromatic heterocycles. The Balaban J connectivity index is 3.71. The van der Waals surface area contributed by atoms with E-state index in [-0.39, 0.29) is 25.7 Å². The van der Waals surface area contributed by atoms with Gasteiger partial charge in [0.15, 0.2) is 0 Å². The summed E-state index contributed by atoms with van der Waals surface area (Å²) in [6.45, 7) is 4.15. The summed E-state index contributed by atoms with van der Waals surface area (Å²) >= 11 is 0. The molecule has 0 rings (SSSR count). The van der Waals surface area contributed by atoms with Gasteiger partial charge in [0.2, 0.25) is 5.91 Å². The van der Waals surface area contributed by atoms with Gasteiger partial charge in [-0.3, -0.25) is 13.8 Å². The normalized spacial score (nSPS) is 13.8. The molecule has 0 aliphatic heterocycles. The van der Waals surface area contributed by atoms with E-state index >= 15 is 0 Å². The molecule has 1 amide bonds. The smallest absolute Gasteiger partial charge is 0.387 e. The quantitative estimate of drug-likeness (QED) is 0.0271. The van der Waals surface area contributed by atoms with Crippen LogP contribution in [0.4, 0.5) is 0 Å². The Labute approximate surface area is 398 Å². The molecular formula is C55H111N2O6P. The first-order valence-electron chi connectivity index (χ1n) is 28.3. The molecule has 382 valence electrons. The number of amides is 1. The number of carbonyl (C=O) groups excluding carboxylic acids is 1. The zero-order valence-corrected chi connectivity index (χ0v) is 43.7. The predicted molar refractivity (Wildman–Crippen MR) is 277 cm³/mol. The molecular weight excluding hydrogens is 816 g/mol. The van der Waals surface area contributed by atoms with Crippen molar-refractivity contribution in [3.05, 3.63) is 12.2 Å². The summed E-state index contributed by atoms with van der Waals surface area (Å²) in [5.41, 5.74) is 5.38. The van der Waals surface area contributed by atoms with E-state index in [2.05, 4.69) is 19.2 Å². The van der Waals surface area contributed by atoms with Crippen LogP contribution in [-0.2, 0) is 18.4 Å². The molecule has 0 bridgehead atoms. The minimum absolute atomic E-state index is 0.0813. The highest BCUT2D eigenvalue weighted by Gasteiger charge is 2.27. The molecule has 0 fully saturated rings. The molecule has 1 unspecified atom stereocenters. The Hall–Kier alpha value is -0.760. The lowest BCUT2D eigenvalue weighted by atomic mass is 10.0. The zero-order chi connectivity index (χ0) is 46.7. The number of hydrogen-bond donors (Lipinski definition) is 4. The molecule has 0 radical (unpaired) electrons. The SMILES string of the molecule is CCCCCCCCCC/C=C/[C@@H](O)[C@H](COP(=O)(O)OCCN)NC(=O)CCCCCCCCCCCCCCCCCCCCCCCCCCCCCCCCCCCCC. The van der Waals surface area contributed by atoms with E-state index in [0.717, 1.165) is 38.5 Å². The molecule has 5 N–H and O–H groups in total. The average Bonchev–Trinajstić information content (AvgIpc) is 3.29. The third kappa shape index (κ3) is 49.2. The number of phosphoric ester groups is 1. The van der Waals surface area contributed by atoms with E-state index < -0.39 is 20.0 Å². The summed E-state index contributed by atoms with van der Waals surface area (Å²) in [4.78, 5) is 22.7. The van der Waals surface area contributed by atoms with E-state index in [1.165, 1.54) is 244 Å². The van der Waals surface area contributed by atoms with Crippen LogP contribution >= 0.6 is 7.82 Å². The Morgan fingerprint density at radius 1 is 0.500 bits per heavy atom. The van der Waals surface area contributed by atoms with E-state index in [1.54, 1.807) is 6.08 Å². The second-order valence-corrected chi connectivity index (χ2v) is 21.0. The second-order valence-electron chi connectivity index (χ2n) is 19.5. The first-order valence-corrected chi connectivity index (χ1v) is 29.8. The lowest BCUT2D eigenvalue weighted by Crippen LogP contribution is -2.45. The van der Waals surface area contributed by atoms with Crippen molar-refractivity contribution >= 4 is 13.7 Å². The molecule has 0 aliphatic carbocycles. The van der Waals surface area contributed by atoms with Gasteiger partial charge in [0.1, 0.15) is 0 Å². The monoisotopic (exact) mass is 927 g/mol. The number of phosphoric acid groups is 1. The number of unbranched alkanes of at least 4 members (excludes halogenated alkanes) is 42. The van der Waals surface area contributed by atoms with Crippen LogP contribution < -0.4 is 11.1 Å². The Kier molecular flexibility index (Phi) is 51.0. The van der Waals surface area contributed by atoms with Crippen LogP contribution in [0, 0.1) is 0 Å². The number of carbonyl (C=O) groups is 1. The van der Waals surface area contributed by atoms with Crippen molar-refractivity contribution in [2.24, 2.45) is 5.73 Å². The van der Waals surface area contributed by atoms with Crippen LogP contribution in [0.25, 0.3) is 0 Å². The van der Waals surface area contributed by atoms with Gasteiger partial charge in [-0.25, -0.2) is 4.57 Å². The van der Waals surface area contributed by atoms with Gasteiger partial charge in [-0.15, -0.1) is 0 Å². The summed E-state index contributed by atoms with van der Waals surface area (Å²) in [5.74, 6) is -0.189. The van der Waals surface area contributed by atoms with Gasteiger partial charge in [-0.2, -0.15) is 0 Å². The maximum atomic E-state index is 12.8. The summed E-state index contributed by atoms with van der Waals surface area (Å²) in [5, 5.41) is 13.7. The third-order valence-corrected chi connectivity index (χ3v) is 14.1. The lowest BCUT2D eigenvalue weighted by Gasteiger charge is -2.23. The molecule has 0 aromatic carbocycles. The average molecular weight is 927 g/mol. The highest BCUT2D eigenvalue weighted by atomic mass is 31.2. The second kappa shape index (κ2) is 51.6. The molecule has 9 heteroatoms. The number of rotatable bonds is 54. The molecule has 0 saturated carbocycles. The topological polar surface area (TPSA) is 131 Å². The van der Waals surface area contributed by atoms with Crippen LogP contribution in [0.3, 0.4) is 0 Å². The maximum Gasteiger partial charge on any atom is 0.472 e. The highest BCUT2D eigenvalue weighted by Crippen LogP contribution is 2.43. The molecule has 0 spiro atoms. The first-order chi connectivity index (χ1) is 31.4. The standard InChI is InChI=1S/C55H111N2O6P/c1-3-5-7-9-11-13-15-16-17-18-19-20-21-22-23-24-25-26-27-28-29-30-31-32-33-34-35-36-37-38-39-41-43-45-47-49-55(59)57-53(52-63-64(60,61)62-51-50-56)54(58)48-46-44-42-40-14-12-10-8-6-4-2/h46,48,53-54,58H,3-45,47,49-52,56H2,1-2H3,(H,57,59)(H,60,61)/b48-46+/t53-,54+/m0/s1. The van der Waals surface area contributed by atoms with Gasteiger partial charge < -0.3 is 21.1 Å². The van der Waals surface area contributed by atoms with Crippen molar-refractivity contribution in [3.63, 3.8) is 0 Å². The lowest BCUT2D eigenvalue weighted by molar-refractivity contribution is -0.123. The zero-order valence-electron chi connectivity index (χ0n) is 42.8. The summed E-state index contributed by atoms with van der Waals surface area (Å²) < 4.78 is 22.1. The van der Waals surface area contributed by atoms with Crippen LogP contribution in [-0.4, -0.2) is 47.8 Å². The van der Waals surface area contributed by atoms with Crippen LogP contribution in [0.5, 0.6) is 0 Å². The Morgan fingerprint density at radius 2 is 0.797 bits per heavy atom. The molecule has 8 nitrogen and oxygen atoms in total. The van der Waals surface area contributed by atoms with Gasteiger partial charge >= 0.3 is 7.82 Å². The van der Waals surface area contributed by atoms with Crippen LogP contribution in [0.2, 0.25) is 0 Å². The number of nitrogens with two attached hydrogens (primary N) is 1. The van der Waals surface area contributed by atoms with E-state index in [9.17, 15) is 19.4 Å². The minimum Gasteiger partial charge on any atom is -0.387 e. The molecule has 0 heterocycles. The van der Waals surface area contributed by atoms with Crippen molar-refractivity contribution in [1.82, 2.24) is 5.32 Å². The summed E-state index contributed by atoms with van der Waals surface area (Å²) in [6, 6.07) is -0.854. The number of hydrogen-bond acceptors (Lipinski definition) is 6. The fourth-order valence-corrected chi connectivity index (χ4v) is 9.60. The highest BCUT2D eigenvalue weighted by molar-refractivity contribution is 7.47. The number of aliphatic hydroxyl groups excluding tert-OH is 1. The van der Waals surface area contributed by atoms with Crippen LogP contribution in [0.1, 0.15) is 303 Å². The van der Waals surface area contributed by atoms with E-state index in [0.29, 0.717) is 6.42 Å². The Morgan fingerprint density at radius 3 is 1.11 bits per heavy atom. The van der Waals surface area contributed by atoms with Crippen molar-refractivity contribution in [3.8, 4) is 0 Å². The summed E-state index contributed by atoms with van der Waals surface area (Å²) in [7, 11) is -4.33. The molecule has 64 heavy (non-hydrogen) atoms.